The maximum Gasteiger partial charge on any atom is 0.409 e. The van der Waals surface area contributed by atoms with Crippen molar-refractivity contribution >= 4 is 17.5 Å². The number of aryl methyl sites for hydroxylation is 2. The fourth-order valence-electron chi connectivity index (χ4n) is 4.56. The van der Waals surface area contributed by atoms with E-state index in [0.29, 0.717) is 11.4 Å². The standard InChI is InChI=1S/C27H27N5O5/c1-16-5-6-18(11-17(16)2)22-13-32-23(25(34)28-22)12-21(30-32)24(33)29-27(14-31(15-27)26(35)37-4)19-7-9-20(36-3)10-8-19/h5-13H,14-15H2,1-4H3,(H,28,34)(H,29,33). The molecule has 10 nitrogen and oxygen atoms in total. The molecule has 2 aromatic heterocycles. The van der Waals surface area contributed by atoms with Crippen molar-refractivity contribution in [2.45, 2.75) is 19.4 Å². The van der Waals surface area contributed by atoms with Crippen LogP contribution in [-0.4, -0.2) is 58.8 Å². The quantitative estimate of drug-likeness (QED) is 0.434. The van der Waals surface area contributed by atoms with Crippen molar-refractivity contribution in [2.24, 2.45) is 0 Å². The smallest absolute Gasteiger partial charge is 0.409 e. The Morgan fingerprint density at radius 1 is 1.03 bits per heavy atom. The van der Waals surface area contributed by atoms with E-state index in [2.05, 4.69) is 15.4 Å². The number of nitrogens with zero attached hydrogens (tertiary/aromatic N) is 3. The Hall–Kier alpha value is -4.60. The molecule has 1 saturated heterocycles. The van der Waals surface area contributed by atoms with Gasteiger partial charge in [0.2, 0.25) is 0 Å². The molecule has 1 aliphatic rings. The molecule has 0 unspecified atom stereocenters. The maximum absolute atomic E-state index is 13.4. The fraction of sp³-hybridized carbons (Fsp3) is 0.259. The van der Waals surface area contributed by atoms with Gasteiger partial charge in [-0.1, -0.05) is 24.3 Å². The molecular formula is C27H27N5O5. The summed E-state index contributed by atoms with van der Waals surface area (Å²) in [7, 11) is 2.89. The number of aromatic amines is 1. The number of methoxy groups -OCH3 is 2. The van der Waals surface area contributed by atoms with Crippen molar-refractivity contribution in [1.82, 2.24) is 24.8 Å². The van der Waals surface area contributed by atoms with E-state index in [1.807, 2.05) is 44.2 Å². The second kappa shape index (κ2) is 9.12. The first-order valence-electron chi connectivity index (χ1n) is 11.7. The average Bonchev–Trinajstić information content (AvgIpc) is 3.32. The van der Waals surface area contributed by atoms with Crippen LogP contribution in [0, 0.1) is 13.8 Å². The first-order valence-corrected chi connectivity index (χ1v) is 11.7. The van der Waals surface area contributed by atoms with E-state index in [1.54, 1.807) is 25.4 Å². The van der Waals surface area contributed by atoms with Crippen molar-refractivity contribution in [3.05, 3.63) is 87.5 Å². The predicted octanol–water partition coefficient (Wildman–Crippen LogP) is 3.02. The number of ether oxygens (including phenoxy) is 2. The third-order valence-corrected chi connectivity index (χ3v) is 6.87. The summed E-state index contributed by atoms with van der Waals surface area (Å²) in [5, 5.41) is 7.42. The highest BCUT2D eigenvalue weighted by molar-refractivity contribution is 5.94. The van der Waals surface area contributed by atoms with Crippen LogP contribution in [0.4, 0.5) is 4.79 Å². The zero-order chi connectivity index (χ0) is 26.3. The highest BCUT2D eigenvalue weighted by Gasteiger charge is 2.48. The summed E-state index contributed by atoms with van der Waals surface area (Å²) in [6, 6.07) is 14.6. The second-order valence-corrected chi connectivity index (χ2v) is 9.25. The Bertz CT molecular complexity index is 1560. The first-order chi connectivity index (χ1) is 17.7. The molecular weight excluding hydrogens is 474 g/mol. The minimum Gasteiger partial charge on any atom is -0.497 e. The highest BCUT2D eigenvalue weighted by atomic mass is 16.5. The van der Waals surface area contributed by atoms with Crippen LogP contribution in [-0.2, 0) is 10.3 Å². The predicted molar refractivity (Wildman–Crippen MR) is 137 cm³/mol. The van der Waals surface area contributed by atoms with Gasteiger partial charge >= 0.3 is 6.09 Å². The van der Waals surface area contributed by atoms with Gasteiger partial charge in [-0.3, -0.25) is 9.59 Å². The molecule has 2 amide bonds. The van der Waals surface area contributed by atoms with E-state index < -0.39 is 17.5 Å². The minimum atomic E-state index is -0.843. The monoisotopic (exact) mass is 501 g/mol. The zero-order valence-electron chi connectivity index (χ0n) is 21.0. The molecule has 1 aliphatic heterocycles. The Morgan fingerprint density at radius 2 is 1.76 bits per heavy atom. The van der Waals surface area contributed by atoms with E-state index >= 15 is 0 Å². The molecule has 5 rings (SSSR count). The molecule has 1 fully saturated rings. The number of benzene rings is 2. The van der Waals surface area contributed by atoms with Crippen LogP contribution in [0.15, 0.2) is 59.5 Å². The van der Waals surface area contributed by atoms with E-state index in [-0.39, 0.29) is 29.9 Å². The van der Waals surface area contributed by atoms with Crippen LogP contribution >= 0.6 is 0 Å². The van der Waals surface area contributed by atoms with Crippen molar-refractivity contribution in [1.29, 1.82) is 0 Å². The minimum absolute atomic E-state index is 0.0899. The summed E-state index contributed by atoms with van der Waals surface area (Å²) in [6.07, 6.45) is 1.22. The molecule has 0 atom stereocenters. The van der Waals surface area contributed by atoms with Gasteiger partial charge in [0.05, 0.1) is 39.2 Å². The topological polar surface area (TPSA) is 118 Å². The number of carbonyl (C=O) groups excluding carboxylic acids is 2. The number of amides is 2. The summed E-state index contributed by atoms with van der Waals surface area (Å²) in [5.74, 6) is 0.213. The van der Waals surface area contributed by atoms with Crippen LogP contribution in [0.2, 0.25) is 0 Å². The van der Waals surface area contributed by atoms with Gasteiger partial charge in [-0.2, -0.15) is 5.10 Å². The van der Waals surface area contributed by atoms with Gasteiger partial charge in [-0.25, -0.2) is 9.31 Å². The summed E-state index contributed by atoms with van der Waals surface area (Å²) in [4.78, 5) is 42.6. The van der Waals surface area contributed by atoms with Crippen molar-refractivity contribution in [3.63, 3.8) is 0 Å². The van der Waals surface area contributed by atoms with Crippen LogP contribution in [0.25, 0.3) is 16.8 Å². The van der Waals surface area contributed by atoms with Gasteiger partial charge in [0.15, 0.2) is 5.69 Å². The average molecular weight is 502 g/mol. The zero-order valence-corrected chi connectivity index (χ0v) is 21.0. The largest absolute Gasteiger partial charge is 0.497 e. The number of carbonyl (C=O) groups is 2. The van der Waals surface area contributed by atoms with E-state index in [9.17, 15) is 14.4 Å². The number of nitrogens with one attached hydrogen (secondary N) is 2. The molecule has 2 N–H and O–H groups in total. The summed E-state index contributed by atoms with van der Waals surface area (Å²) in [6.45, 7) is 4.48. The lowest BCUT2D eigenvalue weighted by molar-refractivity contribution is 0.0289. The lowest BCUT2D eigenvalue weighted by Gasteiger charge is -2.49. The third-order valence-electron chi connectivity index (χ3n) is 6.87. The SMILES string of the molecule is COC(=O)N1CC(NC(=O)c2cc3c(=O)[nH]c(-c4ccc(C)c(C)c4)cn3n2)(c2ccc(OC)cc2)C1. The summed E-state index contributed by atoms with van der Waals surface area (Å²) in [5.41, 5.74) is 3.64. The number of hydrogen-bond donors (Lipinski definition) is 2. The van der Waals surface area contributed by atoms with Crippen molar-refractivity contribution < 1.29 is 19.1 Å². The lowest BCUT2D eigenvalue weighted by atomic mass is 9.82. The normalized spacial score (nSPS) is 14.2. The van der Waals surface area contributed by atoms with Crippen LogP contribution in [0.5, 0.6) is 5.75 Å². The first kappa shape index (κ1) is 24.1. The Labute approximate surface area is 212 Å². The summed E-state index contributed by atoms with van der Waals surface area (Å²) >= 11 is 0. The van der Waals surface area contributed by atoms with Gasteiger partial charge in [-0.05, 0) is 54.3 Å². The number of aromatic nitrogens is 3. The van der Waals surface area contributed by atoms with E-state index in [0.717, 1.165) is 22.3 Å². The molecule has 0 aliphatic carbocycles. The number of fused-ring (bicyclic) bond motifs is 1. The molecule has 37 heavy (non-hydrogen) atoms. The summed E-state index contributed by atoms with van der Waals surface area (Å²) < 4.78 is 11.5. The molecule has 2 aromatic carbocycles. The number of likely N-dealkylation sites (tertiary alicyclic amines) is 1. The molecule has 10 heteroatoms. The van der Waals surface area contributed by atoms with Gasteiger partial charge < -0.3 is 24.7 Å². The van der Waals surface area contributed by atoms with Gasteiger partial charge in [0.25, 0.3) is 11.5 Å². The number of hydrogen-bond acceptors (Lipinski definition) is 6. The van der Waals surface area contributed by atoms with E-state index in [1.165, 1.54) is 22.6 Å². The van der Waals surface area contributed by atoms with Crippen molar-refractivity contribution in [3.8, 4) is 17.0 Å². The molecule has 0 radical (unpaired) electrons. The number of rotatable bonds is 5. The van der Waals surface area contributed by atoms with Crippen molar-refractivity contribution in [2.75, 3.05) is 27.3 Å². The Balaban J connectivity index is 1.46. The lowest BCUT2D eigenvalue weighted by Crippen LogP contribution is -2.69. The Kier molecular flexibility index (Phi) is 5.94. The van der Waals surface area contributed by atoms with Crippen LogP contribution in [0.3, 0.4) is 0 Å². The fourth-order valence-corrected chi connectivity index (χ4v) is 4.56. The van der Waals surface area contributed by atoms with E-state index in [4.69, 9.17) is 9.47 Å². The third kappa shape index (κ3) is 4.31. The van der Waals surface area contributed by atoms with Gasteiger partial charge in [0, 0.05) is 6.07 Å². The molecule has 3 heterocycles. The molecule has 4 aromatic rings. The van der Waals surface area contributed by atoms with Crippen LogP contribution in [0.1, 0.15) is 27.2 Å². The number of H-pyrrole nitrogens is 1. The molecule has 190 valence electrons. The maximum atomic E-state index is 13.4. The highest BCUT2D eigenvalue weighted by Crippen LogP contribution is 2.34. The molecule has 0 spiro atoms. The Morgan fingerprint density at radius 3 is 2.41 bits per heavy atom. The molecule has 0 bridgehead atoms. The second-order valence-electron chi connectivity index (χ2n) is 9.25. The van der Waals surface area contributed by atoms with Gasteiger partial charge in [0.1, 0.15) is 16.8 Å². The van der Waals surface area contributed by atoms with Crippen LogP contribution < -0.4 is 15.6 Å². The van der Waals surface area contributed by atoms with Gasteiger partial charge in [-0.15, -0.1) is 0 Å². The molecule has 0 saturated carbocycles.